The van der Waals surface area contributed by atoms with Crippen molar-refractivity contribution < 1.29 is 8.42 Å². The SMILES string of the molecule is CC(C)C1CCCN1c1cccc(S(=O)(=O)N(C)C)c1N. The van der Waals surface area contributed by atoms with Crippen molar-refractivity contribution in [2.45, 2.75) is 37.6 Å². The highest BCUT2D eigenvalue weighted by Crippen LogP contribution is 2.36. The zero-order valence-electron chi connectivity index (χ0n) is 13.2. The van der Waals surface area contributed by atoms with Crippen molar-refractivity contribution in [1.29, 1.82) is 0 Å². The zero-order valence-corrected chi connectivity index (χ0v) is 14.0. The van der Waals surface area contributed by atoms with Crippen LogP contribution in [0.4, 0.5) is 11.4 Å². The van der Waals surface area contributed by atoms with Crippen molar-refractivity contribution >= 4 is 21.4 Å². The van der Waals surface area contributed by atoms with E-state index in [1.807, 2.05) is 6.07 Å². The molecule has 1 unspecified atom stereocenters. The maximum atomic E-state index is 12.4. The summed E-state index contributed by atoms with van der Waals surface area (Å²) in [4.78, 5) is 2.45. The number of sulfonamides is 1. The van der Waals surface area contributed by atoms with Gasteiger partial charge < -0.3 is 10.6 Å². The van der Waals surface area contributed by atoms with Gasteiger partial charge in [-0.2, -0.15) is 0 Å². The normalized spacial score (nSPS) is 19.7. The first-order valence-electron chi connectivity index (χ1n) is 7.34. The van der Waals surface area contributed by atoms with Crippen LogP contribution in [0.3, 0.4) is 0 Å². The van der Waals surface area contributed by atoms with Gasteiger partial charge in [0.1, 0.15) is 4.90 Å². The molecule has 0 aromatic heterocycles. The Kier molecular flexibility index (Phi) is 4.49. The quantitative estimate of drug-likeness (QED) is 0.865. The Morgan fingerprint density at radius 1 is 1.33 bits per heavy atom. The van der Waals surface area contributed by atoms with Gasteiger partial charge in [-0.15, -0.1) is 0 Å². The Morgan fingerprint density at radius 2 is 2.00 bits per heavy atom. The van der Waals surface area contributed by atoms with Gasteiger partial charge in [-0.05, 0) is 30.9 Å². The topological polar surface area (TPSA) is 66.6 Å². The third-order valence-electron chi connectivity index (χ3n) is 4.18. The molecule has 0 spiro atoms. The van der Waals surface area contributed by atoms with E-state index >= 15 is 0 Å². The number of benzene rings is 1. The highest BCUT2D eigenvalue weighted by molar-refractivity contribution is 7.89. The standard InChI is InChI=1S/C15H25N3O2S/c1-11(2)12-8-6-10-18(12)13-7-5-9-14(15(13)16)21(19,20)17(3)4/h5,7,9,11-12H,6,8,10,16H2,1-4H3. The first kappa shape index (κ1) is 16.1. The van der Waals surface area contributed by atoms with Gasteiger partial charge in [0.05, 0.1) is 11.4 Å². The van der Waals surface area contributed by atoms with Crippen LogP contribution in [-0.4, -0.2) is 39.4 Å². The average Bonchev–Trinajstić information content (AvgIpc) is 2.87. The first-order chi connectivity index (χ1) is 9.76. The molecule has 0 radical (unpaired) electrons. The molecular formula is C15H25N3O2S. The number of nitrogen functional groups attached to an aromatic ring is 1. The van der Waals surface area contributed by atoms with E-state index in [0.29, 0.717) is 17.6 Å². The number of para-hydroxylation sites is 1. The van der Waals surface area contributed by atoms with E-state index in [2.05, 4.69) is 18.7 Å². The van der Waals surface area contributed by atoms with Gasteiger partial charge in [-0.25, -0.2) is 12.7 Å². The fraction of sp³-hybridized carbons (Fsp3) is 0.600. The highest BCUT2D eigenvalue weighted by atomic mass is 32.2. The summed E-state index contributed by atoms with van der Waals surface area (Å²) in [5, 5.41) is 0. The van der Waals surface area contributed by atoms with Gasteiger partial charge in [0.2, 0.25) is 10.0 Å². The van der Waals surface area contributed by atoms with Gasteiger partial charge in [0.15, 0.2) is 0 Å². The summed E-state index contributed by atoms with van der Waals surface area (Å²) in [5.41, 5.74) is 7.40. The zero-order chi connectivity index (χ0) is 15.8. The van der Waals surface area contributed by atoms with E-state index in [-0.39, 0.29) is 4.90 Å². The van der Waals surface area contributed by atoms with E-state index < -0.39 is 10.0 Å². The van der Waals surface area contributed by atoms with Crippen molar-refractivity contribution in [2.24, 2.45) is 5.92 Å². The van der Waals surface area contributed by atoms with Crippen molar-refractivity contribution in [3.05, 3.63) is 18.2 Å². The molecule has 2 rings (SSSR count). The summed E-state index contributed by atoms with van der Waals surface area (Å²) in [6.45, 7) is 5.32. The largest absolute Gasteiger partial charge is 0.396 e. The van der Waals surface area contributed by atoms with Crippen molar-refractivity contribution in [3.63, 3.8) is 0 Å². The predicted octanol–water partition coefficient (Wildman–Crippen LogP) is 2.14. The molecule has 0 bridgehead atoms. The molecule has 1 aliphatic heterocycles. The molecule has 0 amide bonds. The molecule has 1 aliphatic rings. The second-order valence-electron chi connectivity index (χ2n) is 6.12. The van der Waals surface area contributed by atoms with Crippen LogP contribution >= 0.6 is 0 Å². The van der Waals surface area contributed by atoms with E-state index in [4.69, 9.17) is 5.73 Å². The van der Waals surface area contributed by atoms with Gasteiger partial charge in [0, 0.05) is 26.7 Å². The van der Waals surface area contributed by atoms with Gasteiger partial charge in [-0.1, -0.05) is 19.9 Å². The van der Waals surface area contributed by atoms with Crippen LogP contribution < -0.4 is 10.6 Å². The third-order valence-corrected chi connectivity index (χ3v) is 6.05. The van der Waals surface area contributed by atoms with Crippen molar-refractivity contribution in [1.82, 2.24) is 4.31 Å². The second-order valence-corrected chi connectivity index (χ2v) is 8.24. The van der Waals surface area contributed by atoms with Gasteiger partial charge in [0.25, 0.3) is 0 Å². The maximum Gasteiger partial charge on any atom is 0.244 e. The molecular weight excluding hydrogens is 286 g/mol. The lowest BCUT2D eigenvalue weighted by Gasteiger charge is -2.31. The Bertz CT molecular complexity index is 611. The Labute approximate surface area is 127 Å². The van der Waals surface area contributed by atoms with Crippen LogP contribution in [0, 0.1) is 5.92 Å². The smallest absolute Gasteiger partial charge is 0.244 e. The fourth-order valence-corrected chi connectivity index (χ4v) is 4.02. The number of rotatable bonds is 4. The van der Waals surface area contributed by atoms with E-state index in [1.165, 1.54) is 18.4 Å². The first-order valence-corrected chi connectivity index (χ1v) is 8.78. The minimum Gasteiger partial charge on any atom is -0.396 e. The van der Waals surface area contributed by atoms with Crippen molar-refractivity contribution in [2.75, 3.05) is 31.3 Å². The molecule has 2 N–H and O–H groups in total. The molecule has 21 heavy (non-hydrogen) atoms. The number of anilines is 2. The Hall–Kier alpha value is -1.27. The molecule has 0 saturated carbocycles. The van der Waals surface area contributed by atoms with E-state index in [0.717, 1.165) is 25.1 Å². The molecule has 1 saturated heterocycles. The molecule has 1 atom stereocenters. The summed E-state index contributed by atoms with van der Waals surface area (Å²) in [6, 6.07) is 5.70. The number of hydrogen-bond donors (Lipinski definition) is 1. The lowest BCUT2D eigenvalue weighted by molar-refractivity contribution is 0.492. The molecule has 118 valence electrons. The molecule has 1 fully saturated rings. The molecule has 1 aromatic carbocycles. The summed E-state index contributed by atoms with van der Waals surface area (Å²) in [5.74, 6) is 0.515. The lowest BCUT2D eigenvalue weighted by atomic mass is 10.0. The summed E-state index contributed by atoms with van der Waals surface area (Å²) >= 11 is 0. The van der Waals surface area contributed by atoms with Gasteiger partial charge >= 0.3 is 0 Å². The second kappa shape index (κ2) is 5.85. The average molecular weight is 311 g/mol. The number of hydrogen-bond acceptors (Lipinski definition) is 4. The van der Waals surface area contributed by atoms with E-state index in [9.17, 15) is 8.42 Å². The Morgan fingerprint density at radius 3 is 2.57 bits per heavy atom. The highest BCUT2D eigenvalue weighted by Gasteiger charge is 2.30. The summed E-state index contributed by atoms with van der Waals surface area (Å²) in [6.07, 6.45) is 2.24. The predicted molar refractivity (Wildman–Crippen MR) is 86.9 cm³/mol. The number of nitrogens with zero attached hydrogens (tertiary/aromatic N) is 2. The molecule has 6 heteroatoms. The maximum absolute atomic E-state index is 12.4. The number of nitrogens with two attached hydrogens (primary N) is 1. The minimum atomic E-state index is -3.52. The third kappa shape index (κ3) is 2.87. The fourth-order valence-electron chi connectivity index (χ4n) is 2.99. The Balaban J connectivity index is 2.48. The molecule has 0 aliphatic carbocycles. The van der Waals surface area contributed by atoms with Crippen molar-refractivity contribution in [3.8, 4) is 0 Å². The van der Waals surface area contributed by atoms with Gasteiger partial charge in [-0.3, -0.25) is 0 Å². The molecule has 1 aromatic rings. The molecule has 1 heterocycles. The van der Waals surface area contributed by atoms with Crippen LogP contribution in [0.5, 0.6) is 0 Å². The van der Waals surface area contributed by atoms with Crippen LogP contribution in [0.15, 0.2) is 23.1 Å². The van der Waals surface area contributed by atoms with Crippen LogP contribution in [0.25, 0.3) is 0 Å². The van der Waals surface area contributed by atoms with E-state index in [1.54, 1.807) is 12.1 Å². The van der Waals surface area contributed by atoms with Crippen LogP contribution in [0.1, 0.15) is 26.7 Å². The minimum absolute atomic E-state index is 0.194. The summed E-state index contributed by atoms with van der Waals surface area (Å²) < 4.78 is 25.9. The summed E-state index contributed by atoms with van der Waals surface area (Å²) in [7, 11) is -0.472. The molecule has 5 nitrogen and oxygen atoms in total. The van der Waals surface area contributed by atoms with Crippen LogP contribution in [0.2, 0.25) is 0 Å². The van der Waals surface area contributed by atoms with Crippen LogP contribution in [-0.2, 0) is 10.0 Å². The lowest BCUT2D eigenvalue weighted by Crippen LogP contribution is -2.34. The monoisotopic (exact) mass is 311 g/mol.